The van der Waals surface area contributed by atoms with Crippen LogP contribution in [0.1, 0.15) is 24.7 Å². The van der Waals surface area contributed by atoms with Gasteiger partial charge in [-0.1, -0.05) is 6.07 Å². The molecule has 1 aliphatic rings. The summed E-state index contributed by atoms with van der Waals surface area (Å²) >= 11 is 5.84. The molecule has 102 valence electrons. The number of benzene rings is 1. The first-order valence-corrected chi connectivity index (χ1v) is 7.13. The van der Waals surface area contributed by atoms with Gasteiger partial charge < -0.3 is 9.30 Å². The number of alkyl halides is 1. The summed E-state index contributed by atoms with van der Waals surface area (Å²) in [6.45, 7) is 1.47. The van der Waals surface area contributed by atoms with Crippen LogP contribution in [0, 0.1) is 5.82 Å². The number of hydrogen-bond donors (Lipinski definition) is 0. The van der Waals surface area contributed by atoms with Crippen LogP contribution in [0.25, 0.3) is 11.0 Å². The van der Waals surface area contributed by atoms with Crippen LogP contribution in [-0.4, -0.2) is 28.6 Å². The molecule has 3 rings (SSSR count). The molecule has 0 bridgehead atoms. The second-order valence-electron chi connectivity index (χ2n) is 4.82. The van der Waals surface area contributed by atoms with Gasteiger partial charge in [0.25, 0.3) is 0 Å². The lowest BCUT2D eigenvalue weighted by atomic mass is 10.1. The summed E-state index contributed by atoms with van der Waals surface area (Å²) in [7, 11) is 0. The third-order valence-corrected chi connectivity index (χ3v) is 3.75. The number of aryl methyl sites for hydroxylation is 1. The van der Waals surface area contributed by atoms with Crippen LogP contribution in [0.2, 0.25) is 0 Å². The van der Waals surface area contributed by atoms with Crippen molar-refractivity contribution in [1.82, 2.24) is 9.55 Å². The minimum absolute atomic E-state index is 0.235. The van der Waals surface area contributed by atoms with Gasteiger partial charge in [-0.15, -0.1) is 11.6 Å². The van der Waals surface area contributed by atoms with Crippen LogP contribution in [0.4, 0.5) is 4.39 Å². The Hall–Kier alpha value is -1.13. The number of rotatable bonds is 3. The van der Waals surface area contributed by atoms with Crippen LogP contribution >= 0.6 is 11.6 Å². The first-order chi connectivity index (χ1) is 9.31. The molecule has 1 atom stereocenters. The second kappa shape index (κ2) is 5.47. The standard InChI is InChI=1S/C14H16ClFN2O/c15-7-6-13-17-14-11(16)4-1-5-12(14)18(13)10-3-2-8-19-9-10/h1,4-5,10H,2-3,6-9H2. The molecule has 2 aromatic rings. The molecular formula is C14H16ClFN2O. The highest BCUT2D eigenvalue weighted by atomic mass is 35.5. The number of hydrogen-bond acceptors (Lipinski definition) is 2. The summed E-state index contributed by atoms with van der Waals surface area (Å²) in [5.41, 5.74) is 1.28. The first-order valence-electron chi connectivity index (χ1n) is 6.60. The molecule has 1 saturated heterocycles. The third kappa shape index (κ3) is 2.35. The van der Waals surface area contributed by atoms with Gasteiger partial charge in [-0.25, -0.2) is 9.37 Å². The van der Waals surface area contributed by atoms with Crippen molar-refractivity contribution >= 4 is 22.6 Å². The number of halogens is 2. The zero-order valence-corrected chi connectivity index (χ0v) is 11.4. The fourth-order valence-electron chi connectivity index (χ4n) is 2.73. The van der Waals surface area contributed by atoms with Gasteiger partial charge in [-0.2, -0.15) is 0 Å². The smallest absolute Gasteiger partial charge is 0.151 e. The molecule has 1 fully saturated rings. The lowest BCUT2D eigenvalue weighted by Gasteiger charge is -2.25. The number of fused-ring (bicyclic) bond motifs is 1. The molecule has 0 spiro atoms. The molecule has 2 heterocycles. The quantitative estimate of drug-likeness (QED) is 0.808. The van der Waals surface area contributed by atoms with E-state index < -0.39 is 0 Å². The third-order valence-electron chi connectivity index (χ3n) is 3.56. The molecule has 5 heteroatoms. The van der Waals surface area contributed by atoms with E-state index in [1.807, 2.05) is 6.07 Å². The predicted molar refractivity (Wildman–Crippen MR) is 73.2 cm³/mol. The fraction of sp³-hybridized carbons (Fsp3) is 0.500. The van der Waals surface area contributed by atoms with E-state index >= 15 is 0 Å². The summed E-state index contributed by atoms with van der Waals surface area (Å²) in [4.78, 5) is 4.43. The first kappa shape index (κ1) is 12.9. The summed E-state index contributed by atoms with van der Waals surface area (Å²) in [6.07, 6.45) is 2.71. The Bertz CT molecular complexity index is 578. The molecule has 19 heavy (non-hydrogen) atoms. The molecule has 1 unspecified atom stereocenters. The topological polar surface area (TPSA) is 27.1 Å². The zero-order valence-electron chi connectivity index (χ0n) is 10.6. The van der Waals surface area contributed by atoms with Crippen LogP contribution in [0.15, 0.2) is 18.2 Å². The number of ether oxygens (including phenoxy) is 1. The van der Waals surface area contributed by atoms with Crippen LogP contribution in [0.5, 0.6) is 0 Å². The van der Waals surface area contributed by atoms with Gasteiger partial charge in [0.1, 0.15) is 11.3 Å². The van der Waals surface area contributed by atoms with Crippen molar-refractivity contribution in [3.05, 3.63) is 29.8 Å². The van der Waals surface area contributed by atoms with Gasteiger partial charge in [-0.05, 0) is 25.0 Å². The van der Waals surface area contributed by atoms with E-state index in [9.17, 15) is 4.39 Å². The van der Waals surface area contributed by atoms with E-state index in [1.54, 1.807) is 6.07 Å². The van der Waals surface area contributed by atoms with E-state index in [2.05, 4.69) is 9.55 Å². The maximum absolute atomic E-state index is 13.8. The summed E-state index contributed by atoms with van der Waals surface area (Å²) in [5, 5.41) is 0. The minimum Gasteiger partial charge on any atom is -0.379 e. The highest BCUT2D eigenvalue weighted by Gasteiger charge is 2.22. The van der Waals surface area contributed by atoms with E-state index in [4.69, 9.17) is 16.3 Å². The van der Waals surface area contributed by atoms with Crippen molar-refractivity contribution in [3.8, 4) is 0 Å². The van der Waals surface area contributed by atoms with Crippen molar-refractivity contribution in [1.29, 1.82) is 0 Å². The van der Waals surface area contributed by atoms with Crippen molar-refractivity contribution in [2.45, 2.75) is 25.3 Å². The van der Waals surface area contributed by atoms with Crippen molar-refractivity contribution < 1.29 is 9.13 Å². The molecule has 0 aliphatic carbocycles. The molecule has 1 aromatic heterocycles. The molecule has 1 aliphatic heterocycles. The molecule has 0 saturated carbocycles. The fourth-order valence-corrected chi connectivity index (χ4v) is 2.90. The Morgan fingerprint density at radius 1 is 1.47 bits per heavy atom. The molecule has 0 amide bonds. The number of para-hydroxylation sites is 1. The minimum atomic E-state index is -0.274. The largest absolute Gasteiger partial charge is 0.379 e. The zero-order chi connectivity index (χ0) is 13.2. The summed E-state index contributed by atoms with van der Waals surface area (Å²) in [5.74, 6) is 1.06. The van der Waals surface area contributed by atoms with Gasteiger partial charge >= 0.3 is 0 Å². The second-order valence-corrected chi connectivity index (χ2v) is 5.19. The summed E-state index contributed by atoms with van der Waals surface area (Å²) in [6, 6.07) is 5.32. The van der Waals surface area contributed by atoms with Crippen molar-refractivity contribution in [2.75, 3.05) is 19.1 Å². The van der Waals surface area contributed by atoms with Gasteiger partial charge in [0.2, 0.25) is 0 Å². The van der Waals surface area contributed by atoms with E-state index in [-0.39, 0.29) is 11.9 Å². The SMILES string of the molecule is Fc1cccc2c1nc(CCCl)n2C1CCCOC1. The molecule has 1 aromatic carbocycles. The average molecular weight is 283 g/mol. The van der Waals surface area contributed by atoms with Gasteiger partial charge in [0.05, 0.1) is 18.2 Å². The molecular weight excluding hydrogens is 267 g/mol. The number of imidazole rings is 1. The normalized spacial score (nSPS) is 20.0. The van der Waals surface area contributed by atoms with Gasteiger partial charge in [-0.3, -0.25) is 0 Å². The Morgan fingerprint density at radius 2 is 2.37 bits per heavy atom. The highest BCUT2D eigenvalue weighted by Crippen LogP contribution is 2.28. The van der Waals surface area contributed by atoms with Crippen molar-refractivity contribution in [3.63, 3.8) is 0 Å². The Morgan fingerprint density at radius 3 is 3.11 bits per heavy atom. The molecule has 3 nitrogen and oxygen atoms in total. The number of aromatic nitrogens is 2. The van der Waals surface area contributed by atoms with Crippen LogP contribution in [-0.2, 0) is 11.2 Å². The summed E-state index contributed by atoms with van der Waals surface area (Å²) < 4.78 is 21.5. The highest BCUT2D eigenvalue weighted by molar-refractivity contribution is 6.17. The Kier molecular flexibility index (Phi) is 3.71. The Balaban J connectivity index is 2.13. The van der Waals surface area contributed by atoms with Gasteiger partial charge in [0.15, 0.2) is 5.82 Å². The van der Waals surface area contributed by atoms with E-state index in [0.717, 1.165) is 30.8 Å². The lowest BCUT2D eigenvalue weighted by Crippen LogP contribution is -2.23. The Labute approximate surface area is 116 Å². The maximum atomic E-state index is 13.8. The van der Waals surface area contributed by atoms with E-state index in [0.29, 0.717) is 24.4 Å². The average Bonchev–Trinajstić information content (AvgIpc) is 2.80. The number of nitrogens with zero attached hydrogens (tertiary/aromatic N) is 2. The van der Waals surface area contributed by atoms with Crippen molar-refractivity contribution in [2.24, 2.45) is 0 Å². The lowest BCUT2D eigenvalue weighted by molar-refractivity contribution is 0.0596. The monoisotopic (exact) mass is 282 g/mol. The predicted octanol–water partition coefficient (Wildman–Crippen LogP) is 3.31. The molecule has 0 N–H and O–H groups in total. The van der Waals surface area contributed by atoms with E-state index in [1.165, 1.54) is 6.07 Å². The van der Waals surface area contributed by atoms with Gasteiger partial charge in [0, 0.05) is 18.9 Å². The maximum Gasteiger partial charge on any atom is 0.151 e. The van der Waals surface area contributed by atoms with Crippen LogP contribution in [0.3, 0.4) is 0 Å². The van der Waals surface area contributed by atoms with Crippen LogP contribution < -0.4 is 0 Å². The molecule has 0 radical (unpaired) electrons.